The van der Waals surface area contributed by atoms with Crippen LogP contribution in [0.2, 0.25) is 0 Å². The standard InChI is InChI=1S/C24H30O7/c1-16(2)29-23-19(26)20(27-13-17-9-5-3-6-10-17)21-24(14-25,31-23)15-28-22(30-21)18-11-7-4-8-12-18/h3-12,16,19-23,25-26H,13-15H2,1-2H3/t19-,20-,21+,22?,23-,24-/m1/s1. The highest BCUT2D eigenvalue weighted by Crippen LogP contribution is 2.42. The van der Waals surface area contributed by atoms with Gasteiger partial charge in [-0.25, -0.2) is 0 Å². The van der Waals surface area contributed by atoms with Crippen LogP contribution in [-0.2, 0) is 30.3 Å². The monoisotopic (exact) mass is 430 g/mol. The van der Waals surface area contributed by atoms with Gasteiger partial charge in [-0.2, -0.15) is 0 Å². The molecule has 1 unspecified atom stereocenters. The van der Waals surface area contributed by atoms with Gasteiger partial charge in [-0.3, -0.25) is 0 Å². The topological polar surface area (TPSA) is 86.6 Å². The number of benzene rings is 2. The molecule has 2 aromatic rings. The second kappa shape index (κ2) is 9.75. The molecule has 2 N–H and O–H groups in total. The van der Waals surface area contributed by atoms with Crippen LogP contribution in [0.1, 0.15) is 31.3 Å². The van der Waals surface area contributed by atoms with Crippen molar-refractivity contribution in [2.24, 2.45) is 0 Å². The lowest BCUT2D eigenvalue weighted by molar-refractivity contribution is -0.408. The lowest BCUT2D eigenvalue weighted by Crippen LogP contribution is -2.71. The number of aliphatic hydroxyl groups excluding tert-OH is 2. The predicted molar refractivity (Wildman–Crippen MR) is 112 cm³/mol. The minimum atomic E-state index is -1.22. The van der Waals surface area contributed by atoms with E-state index in [-0.39, 0.29) is 25.9 Å². The van der Waals surface area contributed by atoms with E-state index in [0.29, 0.717) is 0 Å². The van der Waals surface area contributed by atoms with E-state index in [1.54, 1.807) is 0 Å². The molecular formula is C24H30O7. The lowest BCUT2D eigenvalue weighted by Gasteiger charge is -2.54. The summed E-state index contributed by atoms with van der Waals surface area (Å²) in [6, 6.07) is 19.2. The normalized spacial score (nSPS) is 33.3. The maximum Gasteiger partial charge on any atom is 0.187 e. The molecule has 2 heterocycles. The van der Waals surface area contributed by atoms with Gasteiger partial charge < -0.3 is 33.9 Å². The Hall–Kier alpha value is -1.84. The van der Waals surface area contributed by atoms with Crippen LogP contribution >= 0.6 is 0 Å². The highest BCUT2D eigenvalue weighted by Gasteiger charge is 2.59. The number of hydrogen-bond donors (Lipinski definition) is 2. The second-order valence-electron chi connectivity index (χ2n) is 8.26. The van der Waals surface area contributed by atoms with Crippen molar-refractivity contribution in [3.8, 4) is 0 Å². The number of fused-ring (bicyclic) bond motifs is 1. The fraction of sp³-hybridized carbons (Fsp3) is 0.500. The summed E-state index contributed by atoms with van der Waals surface area (Å²) in [7, 11) is 0. The Morgan fingerprint density at radius 3 is 2.39 bits per heavy atom. The molecular weight excluding hydrogens is 400 g/mol. The van der Waals surface area contributed by atoms with Crippen molar-refractivity contribution < 1.29 is 33.9 Å². The SMILES string of the molecule is CC(C)O[C@@H]1O[C@]2(CO)COC(c3ccccc3)O[C@H]2[C@H](OCc2ccccc2)[C@H]1O. The molecule has 2 aliphatic heterocycles. The molecule has 0 radical (unpaired) electrons. The van der Waals surface area contributed by atoms with Gasteiger partial charge in [0.25, 0.3) is 0 Å². The average Bonchev–Trinajstić information content (AvgIpc) is 2.80. The van der Waals surface area contributed by atoms with Gasteiger partial charge in [0, 0.05) is 5.56 Å². The summed E-state index contributed by atoms with van der Waals surface area (Å²) in [6.07, 6.45) is -4.49. The second-order valence-corrected chi connectivity index (χ2v) is 8.26. The van der Waals surface area contributed by atoms with Gasteiger partial charge in [-0.05, 0) is 19.4 Å². The van der Waals surface area contributed by atoms with Gasteiger partial charge in [0.15, 0.2) is 12.6 Å². The van der Waals surface area contributed by atoms with E-state index in [1.807, 2.05) is 74.5 Å². The maximum atomic E-state index is 11.1. The highest BCUT2D eigenvalue weighted by atomic mass is 16.8. The van der Waals surface area contributed by atoms with Crippen LogP contribution in [0.25, 0.3) is 0 Å². The van der Waals surface area contributed by atoms with E-state index in [1.165, 1.54) is 0 Å². The molecule has 2 fully saturated rings. The molecule has 4 rings (SSSR count). The molecule has 6 atom stereocenters. The van der Waals surface area contributed by atoms with E-state index in [0.717, 1.165) is 11.1 Å². The molecule has 7 heteroatoms. The molecule has 0 saturated carbocycles. The first-order valence-electron chi connectivity index (χ1n) is 10.6. The minimum Gasteiger partial charge on any atom is -0.393 e. The van der Waals surface area contributed by atoms with Crippen molar-refractivity contribution in [1.82, 2.24) is 0 Å². The van der Waals surface area contributed by atoms with Crippen molar-refractivity contribution in [3.63, 3.8) is 0 Å². The van der Waals surface area contributed by atoms with E-state index < -0.39 is 36.5 Å². The zero-order valence-electron chi connectivity index (χ0n) is 17.8. The van der Waals surface area contributed by atoms with Crippen molar-refractivity contribution >= 4 is 0 Å². The Morgan fingerprint density at radius 2 is 1.74 bits per heavy atom. The third-order valence-electron chi connectivity index (χ3n) is 5.56. The van der Waals surface area contributed by atoms with E-state index in [9.17, 15) is 10.2 Å². The summed E-state index contributed by atoms with van der Waals surface area (Å²) in [5.41, 5.74) is 0.584. The average molecular weight is 430 g/mol. The van der Waals surface area contributed by atoms with Crippen LogP contribution < -0.4 is 0 Å². The molecule has 2 saturated heterocycles. The van der Waals surface area contributed by atoms with Gasteiger partial charge in [0.2, 0.25) is 0 Å². The Morgan fingerprint density at radius 1 is 1.06 bits per heavy atom. The molecule has 2 aliphatic rings. The van der Waals surface area contributed by atoms with Crippen molar-refractivity contribution in [2.45, 2.75) is 63.1 Å². The Bertz CT molecular complexity index is 815. The fourth-order valence-corrected chi connectivity index (χ4v) is 4.00. The van der Waals surface area contributed by atoms with Crippen LogP contribution in [0.15, 0.2) is 60.7 Å². The molecule has 168 valence electrons. The summed E-state index contributed by atoms with van der Waals surface area (Å²) in [5.74, 6) is 0. The van der Waals surface area contributed by atoms with E-state index >= 15 is 0 Å². The quantitative estimate of drug-likeness (QED) is 0.698. The molecule has 0 bridgehead atoms. The number of ether oxygens (including phenoxy) is 5. The smallest absolute Gasteiger partial charge is 0.187 e. The summed E-state index contributed by atoms with van der Waals surface area (Å²) >= 11 is 0. The van der Waals surface area contributed by atoms with Crippen molar-refractivity contribution in [3.05, 3.63) is 71.8 Å². The minimum absolute atomic E-state index is 0.0730. The van der Waals surface area contributed by atoms with Crippen LogP contribution in [0.4, 0.5) is 0 Å². The Labute approximate surface area is 182 Å². The molecule has 31 heavy (non-hydrogen) atoms. The number of hydrogen-bond acceptors (Lipinski definition) is 7. The molecule has 0 aromatic heterocycles. The van der Waals surface area contributed by atoms with Gasteiger partial charge in [-0.1, -0.05) is 60.7 Å². The van der Waals surface area contributed by atoms with Gasteiger partial charge in [-0.15, -0.1) is 0 Å². The van der Waals surface area contributed by atoms with Crippen LogP contribution in [0.3, 0.4) is 0 Å². The third-order valence-corrected chi connectivity index (χ3v) is 5.56. The van der Waals surface area contributed by atoms with Crippen LogP contribution in [-0.4, -0.2) is 59.7 Å². The summed E-state index contributed by atoms with van der Waals surface area (Å²) in [5, 5.41) is 21.4. The first-order valence-corrected chi connectivity index (χ1v) is 10.6. The molecule has 2 aromatic carbocycles. The zero-order chi connectivity index (χ0) is 21.8. The van der Waals surface area contributed by atoms with Gasteiger partial charge in [0.1, 0.15) is 23.9 Å². The Balaban J connectivity index is 1.61. The molecule has 0 amide bonds. The summed E-state index contributed by atoms with van der Waals surface area (Å²) in [6.45, 7) is 3.69. The number of rotatable bonds is 7. The van der Waals surface area contributed by atoms with Crippen molar-refractivity contribution in [1.29, 1.82) is 0 Å². The van der Waals surface area contributed by atoms with E-state index in [4.69, 9.17) is 23.7 Å². The van der Waals surface area contributed by atoms with Gasteiger partial charge >= 0.3 is 0 Å². The molecule has 0 spiro atoms. The maximum absolute atomic E-state index is 11.1. The van der Waals surface area contributed by atoms with Crippen molar-refractivity contribution in [2.75, 3.05) is 13.2 Å². The molecule has 0 aliphatic carbocycles. The largest absolute Gasteiger partial charge is 0.393 e. The first-order chi connectivity index (χ1) is 15.0. The zero-order valence-corrected chi connectivity index (χ0v) is 17.8. The summed E-state index contributed by atoms with van der Waals surface area (Å²) in [4.78, 5) is 0. The predicted octanol–water partition coefficient (Wildman–Crippen LogP) is 2.56. The van der Waals surface area contributed by atoms with E-state index in [2.05, 4.69) is 0 Å². The van der Waals surface area contributed by atoms with Crippen LogP contribution in [0, 0.1) is 0 Å². The molecule has 7 nitrogen and oxygen atoms in total. The van der Waals surface area contributed by atoms with Gasteiger partial charge in [0.05, 0.1) is 25.9 Å². The summed E-state index contributed by atoms with van der Waals surface area (Å²) < 4.78 is 30.2. The lowest BCUT2D eigenvalue weighted by atomic mass is 9.86. The van der Waals surface area contributed by atoms with Crippen LogP contribution in [0.5, 0.6) is 0 Å². The third kappa shape index (κ3) is 4.83. The fourth-order valence-electron chi connectivity index (χ4n) is 4.00. The number of aliphatic hydroxyl groups is 2. The highest BCUT2D eigenvalue weighted by molar-refractivity contribution is 5.18. The first kappa shape index (κ1) is 22.4. The Kier molecular flexibility index (Phi) is 7.03.